The van der Waals surface area contributed by atoms with Crippen LogP contribution in [-0.2, 0) is 5.41 Å². The lowest BCUT2D eigenvalue weighted by molar-refractivity contribution is 0.261. The van der Waals surface area contributed by atoms with Gasteiger partial charge in [-0.2, -0.15) is 5.10 Å². The van der Waals surface area contributed by atoms with Crippen LogP contribution in [0.15, 0.2) is 60.8 Å². The van der Waals surface area contributed by atoms with E-state index < -0.39 is 29.2 Å². The second-order valence-electron chi connectivity index (χ2n) is 8.91. The maximum absolute atomic E-state index is 14.7. The Morgan fingerprint density at radius 3 is 2.22 bits per heavy atom. The van der Waals surface area contributed by atoms with Gasteiger partial charge in [-0.15, -0.1) is 0 Å². The van der Waals surface area contributed by atoms with Crippen molar-refractivity contribution in [3.05, 3.63) is 83.9 Å². The zero-order valence-corrected chi connectivity index (χ0v) is 19.6. The molecular weight excluding hydrogens is 473 g/mol. The first-order valence-electron chi connectivity index (χ1n) is 10.8. The van der Waals surface area contributed by atoms with Gasteiger partial charge < -0.3 is 15.8 Å². The average molecular weight is 496 g/mol. The molecule has 2 aromatic heterocycles. The molecule has 0 atom stereocenters. The van der Waals surface area contributed by atoms with Crippen molar-refractivity contribution in [1.82, 2.24) is 14.8 Å². The number of benzene rings is 2. The summed E-state index contributed by atoms with van der Waals surface area (Å²) in [6.07, 6.45) is 1.39. The van der Waals surface area contributed by atoms with E-state index in [1.165, 1.54) is 47.3 Å². The van der Waals surface area contributed by atoms with Crippen molar-refractivity contribution in [1.29, 1.82) is 0 Å². The van der Waals surface area contributed by atoms with Crippen LogP contribution in [0, 0.1) is 17.5 Å². The van der Waals surface area contributed by atoms with E-state index in [1.54, 1.807) is 6.07 Å². The highest BCUT2D eigenvalue weighted by molar-refractivity contribution is 5.99. The summed E-state index contributed by atoms with van der Waals surface area (Å²) in [5.74, 6) is -2.03. The van der Waals surface area contributed by atoms with Crippen molar-refractivity contribution in [2.75, 3.05) is 16.4 Å². The number of urea groups is 1. The fourth-order valence-electron chi connectivity index (χ4n) is 3.23. The average Bonchev–Trinajstić information content (AvgIpc) is 3.21. The highest BCUT2D eigenvalue weighted by atomic mass is 19.1. The van der Waals surface area contributed by atoms with Gasteiger partial charge in [0.05, 0.1) is 11.4 Å². The number of aromatic nitrogens is 3. The number of nitrogens with one attached hydrogen (secondary N) is 2. The van der Waals surface area contributed by atoms with Gasteiger partial charge in [-0.25, -0.2) is 27.6 Å². The fraction of sp³-hybridized carbons (Fsp3) is 0.160. The van der Waals surface area contributed by atoms with Gasteiger partial charge in [0.25, 0.3) is 0 Å². The summed E-state index contributed by atoms with van der Waals surface area (Å²) in [5.41, 5.74) is 5.66. The monoisotopic (exact) mass is 496 g/mol. The van der Waals surface area contributed by atoms with Gasteiger partial charge >= 0.3 is 6.03 Å². The maximum atomic E-state index is 14.7. The van der Waals surface area contributed by atoms with E-state index in [0.717, 1.165) is 12.1 Å². The van der Waals surface area contributed by atoms with Crippen LogP contribution in [0.3, 0.4) is 0 Å². The lowest BCUT2D eigenvalue weighted by atomic mass is 9.92. The van der Waals surface area contributed by atoms with E-state index in [0.29, 0.717) is 11.4 Å². The van der Waals surface area contributed by atoms with Crippen molar-refractivity contribution in [3.8, 4) is 17.2 Å². The number of hydrogen-bond acceptors (Lipinski definition) is 5. The highest BCUT2D eigenvalue weighted by Gasteiger charge is 2.22. The molecule has 186 valence electrons. The summed E-state index contributed by atoms with van der Waals surface area (Å²) in [4.78, 5) is 16.5. The first-order chi connectivity index (χ1) is 17.0. The number of ether oxygens (including phenoxy) is 1. The van der Waals surface area contributed by atoms with Crippen LogP contribution in [-0.4, -0.2) is 20.8 Å². The number of halogens is 3. The number of carbonyl (C=O) groups excluding carboxylic acids is 1. The van der Waals surface area contributed by atoms with Gasteiger partial charge in [0.1, 0.15) is 34.6 Å². The molecule has 0 aliphatic heterocycles. The second-order valence-corrected chi connectivity index (χ2v) is 8.91. The second kappa shape index (κ2) is 9.61. The van der Waals surface area contributed by atoms with Crippen LogP contribution in [0.5, 0.6) is 11.5 Å². The number of nitrogens with two attached hydrogens (primary N) is 1. The van der Waals surface area contributed by atoms with Crippen molar-refractivity contribution >= 4 is 23.4 Å². The SMILES string of the molecule is CC(C)(C)c1cc(NC(=O)Nc2c(F)cc(Oc3ccnc(N)c3)cc2F)n(-c2ccc(F)cc2)n1. The zero-order valence-electron chi connectivity index (χ0n) is 19.6. The molecule has 0 saturated carbocycles. The minimum absolute atomic E-state index is 0.134. The van der Waals surface area contributed by atoms with Gasteiger partial charge in [0.2, 0.25) is 0 Å². The quantitative estimate of drug-likeness (QED) is 0.314. The van der Waals surface area contributed by atoms with E-state index in [-0.39, 0.29) is 28.5 Å². The Morgan fingerprint density at radius 1 is 0.944 bits per heavy atom. The number of nitrogen functional groups attached to an aromatic ring is 1. The molecule has 11 heteroatoms. The van der Waals surface area contributed by atoms with Gasteiger partial charge in [0, 0.05) is 35.9 Å². The molecule has 0 radical (unpaired) electrons. The highest BCUT2D eigenvalue weighted by Crippen LogP contribution is 2.30. The van der Waals surface area contributed by atoms with Gasteiger partial charge in [-0.05, 0) is 30.3 Å². The summed E-state index contributed by atoms with van der Waals surface area (Å²) < 4.78 is 49.6. The van der Waals surface area contributed by atoms with Crippen LogP contribution in [0.25, 0.3) is 5.69 Å². The van der Waals surface area contributed by atoms with Crippen molar-refractivity contribution in [2.45, 2.75) is 26.2 Å². The molecule has 0 spiro atoms. The van der Waals surface area contributed by atoms with Crippen molar-refractivity contribution in [3.63, 3.8) is 0 Å². The van der Waals surface area contributed by atoms with Crippen LogP contribution in [0.2, 0.25) is 0 Å². The molecular formula is C25H23F3N6O2. The predicted molar refractivity (Wildman–Crippen MR) is 130 cm³/mol. The Hall–Kier alpha value is -4.54. The largest absolute Gasteiger partial charge is 0.457 e. The number of pyridine rings is 1. The molecule has 4 aromatic rings. The molecule has 4 rings (SSSR count). The number of hydrogen-bond donors (Lipinski definition) is 3. The van der Waals surface area contributed by atoms with Crippen LogP contribution in [0.4, 0.5) is 35.3 Å². The molecule has 0 bridgehead atoms. The van der Waals surface area contributed by atoms with Gasteiger partial charge in [-0.1, -0.05) is 20.8 Å². The van der Waals surface area contributed by atoms with E-state index >= 15 is 0 Å². The normalized spacial score (nSPS) is 11.3. The lowest BCUT2D eigenvalue weighted by Crippen LogP contribution is -2.22. The number of anilines is 3. The number of nitrogens with zero attached hydrogens (tertiary/aromatic N) is 3. The Balaban J connectivity index is 1.56. The van der Waals surface area contributed by atoms with Gasteiger partial charge in [-0.3, -0.25) is 5.32 Å². The minimum Gasteiger partial charge on any atom is -0.457 e. The number of amides is 2. The molecule has 4 N–H and O–H groups in total. The number of rotatable bonds is 5. The van der Waals surface area contributed by atoms with Crippen LogP contribution < -0.4 is 21.1 Å². The summed E-state index contributed by atoms with van der Waals surface area (Å²) in [5, 5.41) is 9.24. The first kappa shape index (κ1) is 24.6. The Bertz CT molecular complexity index is 1390. The van der Waals surface area contributed by atoms with Crippen molar-refractivity contribution < 1.29 is 22.7 Å². The first-order valence-corrected chi connectivity index (χ1v) is 10.8. The maximum Gasteiger partial charge on any atom is 0.325 e. The van der Waals surface area contributed by atoms with E-state index in [9.17, 15) is 18.0 Å². The van der Waals surface area contributed by atoms with Crippen molar-refractivity contribution in [2.24, 2.45) is 0 Å². The van der Waals surface area contributed by atoms with Gasteiger partial charge in [0.15, 0.2) is 11.6 Å². The molecule has 36 heavy (non-hydrogen) atoms. The fourth-order valence-corrected chi connectivity index (χ4v) is 3.23. The molecule has 2 aromatic carbocycles. The van der Waals surface area contributed by atoms with E-state index in [4.69, 9.17) is 10.5 Å². The molecule has 8 nitrogen and oxygen atoms in total. The minimum atomic E-state index is -1.05. The Kier molecular flexibility index (Phi) is 6.56. The third kappa shape index (κ3) is 5.57. The third-order valence-electron chi connectivity index (χ3n) is 5.03. The van der Waals surface area contributed by atoms with E-state index in [2.05, 4.69) is 20.7 Å². The Morgan fingerprint density at radius 2 is 1.61 bits per heavy atom. The predicted octanol–water partition coefficient (Wildman–Crippen LogP) is 6.00. The smallest absolute Gasteiger partial charge is 0.325 e. The third-order valence-corrected chi connectivity index (χ3v) is 5.03. The molecule has 0 aliphatic carbocycles. The molecule has 0 saturated heterocycles. The summed E-state index contributed by atoms with van der Waals surface area (Å²) >= 11 is 0. The van der Waals surface area contributed by atoms with Crippen LogP contribution >= 0.6 is 0 Å². The summed E-state index contributed by atoms with van der Waals surface area (Å²) in [6.45, 7) is 5.80. The summed E-state index contributed by atoms with van der Waals surface area (Å²) in [6, 6.07) is 10.9. The molecule has 0 unspecified atom stereocenters. The van der Waals surface area contributed by atoms with E-state index in [1.807, 2.05) is 20.8 Å². The molecule has 0 aliphatic rings. The topological polar surface area (TPSA) is 107 Å². The molecule has 2 heterocycles. The summed E-state index contributed by atoms with van der Waals surface area (Å²) in [7, 11) is 0. The standard InChI is InChI=1S/C25H23F3N6O2/c1-25(2,3)20-13-22(34(33-20)15-6-4-14(26)5-7-15)31-24(35)32-23-18(27)10-17(11-19(23)28)36-16-8-9-30-21(29)12-16/h4-13H,1-3H3,(H2,29,30)(H2,31,32,35). The molecule has 0 fully saturated rings. The zero-order chi connectivity index (χ0) is 26.0. The number of carbonyl (C=O) groups is 1. The molecule has 2 amide bonds. The lowest BCUT2D eigenvalue weighted by Gasteiger charge is -2.14. The Labute approximate surface area is 204 Å². The van der Waals surface area contributed by atoms with Crippen LogP contribution in [0.1, 0.15) is 26.5 Å².